The lowest BCUT2D eigenvalue weighted by Crippen LogP contribution is -2.14. The average Bonchev–Trinajstić information content (AvgIpc) is 2.45. The molecule has 0 amide bonds. The van der Waals surface area contributed by atoms with Crippen LogP contribution in [0.5, 0.6) is 0 Å². The van der Waals surface area contributed by atoms with E-state index in [1.165, 1.54) is 10.9 Å². The van der Waals surface area contributed by atoms with E-state index in [1.54, 1.807) is 6.92 Å². The number of hydrogen-bond donors (Lipinski definition) is 1. The Hall–Kier alpha value is -0.490. The van der Waals surface area contributed by atoms with Gasteiger partial charge in [-0.05, 0) is 22.9 Å². The van der Waals surface area contributed by atoms with Gasteiger partial charge in [-0.3, -0.25) is 4.68 Å². The molecule has 0 aromatic carbocycles. The van der Waals surface area contributed by atoms with Crippen molar-refractivity contribution in [2.24, 2.45) is 0 Å². The summed E-state index contributed by atoms with van der Waals surface area (Å²) in [6.07, 6.45) is -3.18. The third kappa shape index (κ3) is 2.05. The zero-order chi connectivity index (χ0) is 10.0. The Labute approximate surface area is 82.5 Å². The topological polar surface area (TPSA) is 38.0 Å². The second-order valence-corrected chi connectivity index (χ2v) is 3.33. The van der Waals surface area contributed by atoms with Crippen molar-refractivity contribution < 1.29 is 13.9 Å². The number of halogens is 3. The SMILES string of the molecule is CCn1ncc(Br)c1C(O)C(F)F. The Morgan fingerprint density at radius 1 is 1.69 bits per heavy atom. The number of aliphatic hydroxyl groups excluding tert-OH is 1. The van der Waals surface area contributed by atoms with Crippen molar-refractivity contribution in [3.63, 3.8) is 0 Å². The van der Waals surface area contributed by atoms with Gasteiger partial charge in [0.1, 0.15) is 0 Å². The van der Waals surface area contributed by atoms with E-state index in [1.807, 2.05) is 0 Å². The van der Waals surface area contributed by atoms with E-state index in [0.717, 1.165) is 0 Å². The molecule has 1 unspecified atom stereocenters. The summed E-state index contributed by atoms with van der Waals surface area (Å²) in [7, 11) is 0. The molecule has 1 aromatic heterocycles. The molecule has 0 aliphatic carbocycles. The maximum atomic E-state index is 12.2. The fraction of sp³-hybridized carbons (Fsp3) is 0.571. The first-order valence-corrected chi connectivity index (χ1v) is 4.54. The van der Waals surface area contributed by atoms with Crippen LogP contribution in [0.15, 0.2) is 10.7 Å². The summed E-state index contributed by atoms with van der Waals surface area (Å²) in [4.78, 5) is 0. The van der Waals surface area contributed by atoms with Gasteiger partial charge in [0.15, 0.2) is 6.10 Å². The molecule has 0 aliphatic heterocycles. The highest BCUT2D eigenvalue weighted by Crippen LogP contribution is 2.27. The first kappa shape index (κ1) is 10.6. The fourth-order valence-electron chi connectivity index (χ4n) is 1.04. The highest BCUT2D eigenvalue weighted by Gasteiger charge is 2.25. The molecule has 13 heavy (non-hydrogen) atoms. The molecular formula is C7H9BrF2N2O. The second-order valence-electron chi connectivity index (χ2n) is 2.47. The van der Waals surface area contributed by atoms with E-state index in [9.17, 15) is 8.78 Å². The summed E-state index contributed by atoms with van der Waals surface area (Å²) in [5, 5.41) is 13.0. The molecule has 0 saturated heterocycles. The molecule has 1 aromatic rings. The fourth-order valence-corrected chi connectivity index (χ4v) is 1.57. The molecule has 1 N–H and O–H groups in total. The van der Waals surface area contributed by atoms with Crippen LogP contribution in [0.3, 0.4) is 0 Å². The third-order valence-electron chi connectivity index (χ3n) is 1.65. The van der Waals surface area contributed by atoms with Gasteiger partial charge in [-0.15, -0.1) is 0 Å². The summed E-state index contributed by atoms with van der Waals surface area (Å²) in [6.45, 7) is 2.21. The molecule has 0 saturated carbocycles. The normalized spacial score (nSPS) is 13.7. The van der Waals surface area contributed by atoms with Crippen molar-refractivity contribution >= 4 is 15.9 Å². The lowest BCUT2D eigenvalue weighted by Gasteiger charge is -2.11. The van der Waals surface area contributed by atoms with Gasteiger partial charge in [0.25, 0.3) is 6.43 Å². The summed E-state index contributed by atoms with van der Waals surface area (Å²) >= 11 is 3.05. The Bertz CT molecular complexity index is 290. The molecule has 6 heteroatoms. The molecule has 0 radical (unpaired) electrons. The summed E-state index contributed by atoms with van der Waals surface area (Å²) in [5.74, 6) is 0. The van der Waals surface area contributed by atoms with Crippen molar-refractivity contribution in [1.82, 2.24) is 9.78 Å². The minimum atomic E-state index is -2.79. The van der Waals surface area contributed by atoms with Crippen LogP contribution in [0.25, 0.3) is 0 Å². The van der Waals surface area contributed by atoms with Crippen molar-refractivity contribution in [2.75, 3.05) is 0 Å². The molecule has 0 aliphatic rings. The van der Waals surface area contributed by atoms with Crippen molar-refractivity contribution in [3.05, 3.63) is 16.4 Å². The predicted octanol–water partition coefficient (Wildman–Crippen LogP) is 1.96. The molecule has 0 spiro atoms. The number of aryl methyl sites for hydroxylation is 1. The number of alkyl halides is 2. The zero-order valence-electron chi connectivity index (χ0n) is 6.91. The van der Waals surface area contributed by atoms with Crippen LogP contribution in [-0.2, 0) is 6.54 Å². The largest absolute Gasteiger partial charge is 0.381 e. The molecule has 3 nitrogen and oxygen atoms in total. The van der Waals surface area contributed by atoms with Gasteiger partial charge in [-0.1, -0.05) is 0 Å². The second kappa shape index (κ2) is 4.15. The monoisotopic (exact) mass is 254 g/mol. The maximum absolute atomic E-state index is 12.2. The molecule has 1 atom stereocenters. The van der Waals surface area contributed by atoms with Crippen LogP contribution >= 0.6 is 15.9 Å². The van der Waals surface area contributed by atoms with E-state index in [0.29, 0.717) is 11.0 Å². The summed E-state index contributed by atoms with van der Waals surface area (Å²) in [5.41, 5.74) is 0.123. The molecule has 0 fully saturated rings. The van der Waals surface area contributed by atoms with E-state index >= 15 is 0 Å². The zero-order valence-corrected chi connectivity index (χ0v) is 8.50. The van der Waals surface area contributed by atoms with Crippen LogP contribution in [0.2, 0.25) is 0 Å². The number of nitrogens with zero attached hydrogens (tertiary/aromatic N) is 2. The number of aromatic nitrogens is 2. The van der Waals surface area contributed by atoms with Gasteiger partial charge in [0, 0.05) is 6.54 Å². The van der Waals surface area contributed by atoms with E-state index in [-0.39, 0.29) is 5.69 Å². The van der Waals surface area contributed by atoms with Gasteiger partial charge in [-0.25, -0.2) is 8.78 Å². The number of aliphatic hydroxyl groups is 1. The van der Waals surface area contributed by atoms with E-state index in [4.69, 9.17) is 5.11 Å². The minimum absolute atomic E-state index is 0.123. The molecular weight excluding hydrogens is 246 g/mol. The Balaban J connectivity index is 3.03. The standard InChI is InChI=1S/C7H9BrF2N2O/c1-2-12-5(4(8)3-11-12)6(13)7(9)10/h3,6-7,13H,2H2,1H3. The van der Waals surface area contributed by atoms with Crippen LogP contribution in [-0.4, -0.2) is 21.3 Å². The van der Waals surface area contributed by atoms with Crippen molar-refractivity contribution in [2.45, 2.75) is 26.0 Å². The first-order valence-electron chi connectivity index (χ1n) is 3.75. The van der Waals surface area contributed by atoms with Crippen LogP contribution in [0.4, 0.5) is 8.78 Å². The summed E-state index contributed by atoms with van der Waals surface area (Å²) < 4.78 is 26.1. The van der Waals surface area contributed by atoms with Gasteiger partial charge in [0.05, 0.1) is 16.4 Å². The highest BCUT2D eigenvalue weighted by molar-refractivity contribution is 9.10. The van der Waals surface area contributed by atoms with E-state index in [2.05, 4.69) is 21.0 Å². The van der Waals surface area contributed by atoms with Gasteiger partial charge in [-0.2, -0.15) is 5.10 Å². The highest BCUT2D eigenvalue weighted by atomic mass is 79.9. The van der Waals surface area contributed by atoms with Crippen molar-refractivity contribution in [3.8, 4) is 0 Å². The Kier molecular flexibility index (Phi) is 3.38. The van der Waals surface area contributed by atoms with Gasteiger partial charge < -0.3 is 5.11 Å². The minimum Gasteiger partial charge on any atom is -0.381 e. The lowest BCUT2D eigenvalue weighted by molar-refractivity contribution is -0.0111. The summed E-state index contributed by atoms with van der Waals surface area (Å²) in [6, 6.07) is 0. The Morgan fingerprint density at radius 2 is 2.31 bits per heavy atom. The predicted molar refractivity (Wildman–Crippen MR) is 46.6 cm³/mol. The van der Waals surface area contributed by atoms with Gasteiger partial charge >= 0.3 is 0 Å². The Morgan fingerprint density at radius 3 is 2.77 bits per heavy atom. The molecule has 1 rings (SSSR count). The van der Waals surface area contributed by atoms with Crippen LogP contribution in [0, 0.1) is 0 Å². The van der Waals surface area contributed by atoms with Gasteiger partial charge in [0.2, 0.25) is 0 Å². The van der Waals surface area contributed by atoms with Crippen LogP contribution < -0.4 is 0 Å². The number of rotatable bonds is 3. The number of hydrogen-bond acceptors (Lipinski definition) is 2. The third-order valence-corrected chi connectivity index (χ3v) is 2.26. The molecule has 1 heterocycles. The lowest BCUT2D eigenvalue weighted by atomic mass is 10.2. The first-order chi connectivity index (χ1) is 6.07. The average molecular weight is 255 g/mol. The smallest absolute Gasteiger partial charge is 0.269 e. The molecule has 0 bridgehead atoms. The van der Waals surface area contributed by atoms with Crippen molar-refractivity contribution in [1.29, 1.82) is 0 Å². The van der Waals surface area contributed by atoms with E-state index < -0.39 is 12.5 Å². The maximum Gasteiger partial charge on any atom is 0.269 e. The molecule has 74 valence electrons. The van der Waals surface area contributed by atoms with Crippen LogP contribution in [0.1, 0.15) is 18.7 Å². The quantitative estimate of drug-likeness (QED) is 0.896.